The number of hydrogen-bond acceptors (Lipinski definition) is 3. The molecule has 2 atom stereocenters. The fourth-order valence-electron chi connectivity index (χ4n) is 3.98. The van der Waals surface area contributed by atoms with Crippen LogP contribution in [0.15, 0.2) is 29.3 Å². The lowest BCUT2D eigenvalue weighted by Gasteiger charge is -2.61. The molecule has 2 fully saturated rings. The summed E-state index contributed by atoms with van der Waals surface area (Å²) in [6, 6.07) is 10.2. The van der Waals surface area contributed by atoms with Crippen LogP contribution in [0.25, 0.3) is 0 Å². The van der Waals surface area contributed by atoms with Crippen molar-refractivity contribution in [3.63, 3.8) is 0 Å². The third kappa shape index (κ3) is 4.32. The highest BCUT2D eigenvalue weighted by Gasteiger charge is 2.59. The van der Waals surface area contributed by atoms with Crippen LogP contribution in [0.3, 0.4) is 0 Å². The first-order chi connectivity index (χ1) is 12.2. The van der Waals surface area contributed by atoms with E-state index in [9.17, 15) is 0 Å². The first kappa shape index (κ1) is 21.0. The van der Waals surface area contributed by atoms with Crippen molar-refractivity contribution in [1.29, 1.82) is 5.26 Å². The molecule has 0 bridgehead atoms. The molecule has 2 unspecified atom stereocenters. The maximum absolute atomic E-state index is 8.88. The summed E-state index contributed by atoms with van der Waals surface area (Å²) >= 11 is 0. The van der Waals surface area contributed by atoms with E-state index in [0.717, 1.165) is 31.1 Å². The van der Waals surface area contributed by atoms with Crippen LogP contribution >= 0.6 is 24.0 Å². The van der Waals surface area contributed by atoms with Gasteiger partial charge in [-0.15, -0.1) is 24.0 Å². The molecule has 1 spiro atoms. The van der Waals surface area contributed by atoms with E-state index in [2.05, 4.69) is 30.6 Å². The van der Waals surface area contributed by atoms with Gasteiger partial charge in [-0.05, 0) is 50.8 Å². The van der Waals surface area contributed by atoms with Gasteiger partial charge in [0.25, 0.3) is 0 Å². The van der Waals surface area contributed by atoms with Crippen LogP contribution in [-0.4, -0.2) is 31.3 Å². The Bertz CT molecular complexity index is 649. The van der Waals surface area contributed by atoms with Crippen LogP contribution < -0.4 is 10.6 Å². The van der Waals surface area contributed by atoms with Crippen LogP contribution in [0.4, 0.5) is 0 Å². The van der Waals surface area contributed by atoms with E-state index in [-0.39, 0.29) is 24.0 Å². The summed E-state index contributed by atoms with van der Waals surface area (Å²) in [4.78, 5) is 4.73. The molecule has 2 aliphatic rings. The second-order valence-corrected chi connectivity index (χ2v) is 6.97. The largest absolute Gasteiger partial charge is 0.378 e. The first-order valence-corrected chi connectivity index (χ1v) is 9.37. The van der Waals surface area contributed by atoms with Crippen LogP contribution in [-0.2, 0) is 11.3 Å². The lowest BCUT2D eigenvalue weighted by molar-refractivity contribution is -0.168. The Balaban J connectivity index is 0.00000243. The van der Waals surface area contributed by atoms with Crippen molar-refractivity contribution < 1.29 is 4.74 Å². The van der Waals surface area contributed by atoms with E-state index in [0.29, 0.717) is 29.7 Å². The zero-order chi connectivity index (χ0) is 17.7. The fourth-order valence-corrected chi connectivity index (χ4v) is 3.98. The van der Waals surface area contributed by atoms with Crippen LogP contribution in [0.5, 0.6) is 0 Å². The van der Waals surface area contributed by atoms with Crippen molar-refractivity contribution >= 4 is 29.9 Å². The van der Waals surface area contributed by atoms with E-state index in [4.69, 9.17) is 15.0 Å². The summed E-state index contributed by atoms with van der Waals surface area (Å²) < 4.78 is 5.93. The van der Waals surface area contributed by atoms with E-state index < -0.39 is 0 Å². The summed E-state index contributed by atoms with van der Waals surface area (Å²) in [5, 5.41) is 15.9. The third-order valence-corrected chi connectivity index (χ3v) is 5.60. The standard InChI is InChI=1S/C20H28N4O.HI/c1-3-22-19(23-14-16-8-6-15(13-21)7-9-16)24-17-12-18(25-4-2)20(17)10-5-11-20;/h6-9,17-18H,3-5,10-12,14H2,1-2H3,(H2,22,23,24);1H. The van der Waals surface area contributed by atoms with Gasteiger partial charge in [-0.1, -0.05) is 18.6 Å². The summed E-state index contributed by atoms with van der Waals surface area (Å²) in [6.45, 7) is 6.41. The second kappa shape index (κ2) is 9.56. The number of nitrogens with zero attached hydrogens (tertiary/aromatic N) is 2. The lowest BCUT2D eigenvalue weighted by atomic mass is 9.51. The molecule has 2 aliphatic carbocycles. The van der Waals surface area contributed by atoms with Gasteiger partial charge in [-0.25, -0.2) is 4.99 Å². The Kier molecular flexibility index (Phi) is 7.71. The molecule has 1 aromatic carbocycles. The minimum Gasteiger partial charge on any atom is -0.378 e. The third-order valence-electron chi connectivity index (χ3n) is 5.60. The molecule has 3 rings (SSSR count). The molecule has 2 saturated carbocycles. The van der Waals surface area contributed by atoms with Crippen molar-refractivity contribution in [1.82, 2.24) is 10.6 Å². The van der Waals surface area contributed by atoms with Gasteiger partial charge in [0.1, 0.15) is 0 Å². The topological polar surface area (TPSA) is 69.4 Å². The number of aliphatic imine (C=N–C) groups is 1. The molecule has 0 radical (unpaired) electrons. The Morgan fingerprint density at radius 3 is 2.58 bits per heavy atom. The average molecular weight is 468 g/mol. The van der Waals surface area contributed by atoms with E-state index in [1.165, 1.54) is 19.3 Å². The number of hydrogen-bond donors (Lipinski definition) is 2. The van der Waals surface area contributed by atoms with Crippen molar-refractivity contribution in [3.05, 3.63) is 35.4 Å². The normalized spacial score (nSPS) is 23.2. The van der Waals surface area contributed by atoms with Crippen molar-refractivity contribution in [2.75, 3.05) is 13.2 Å². The molecule has 2 N–H and O–H groups in total. The Labute approximate surface area is 173 Å². The highest BCUT2D eigenvalue weighted by molar-refractivity contribution is 14.0. The summed E-state index contributed by atoms with van der Waals surface area (Å²) in [7, 11) is 0. The van der Waals surface area contributed by atoms with Crippen molar-refractivity contribution in [3.8, 4) is 6.07 Å². The molecular weight excluding hydrogens is 439 g/mol. The first-order valence-electron chi connectivity index (χ1n) is 9.37. The zero-order valence-electron chi connectivity index (χ0n) is 15.6. The number of rotatable bonds is 6. The minimum absolute atomic E-state index is 0. The predicted molar refractivity (Wildman–Crippen MR) is 115 cm³/mol. The molecular formula is C20H29IN4O. The molecule has 1 aromatic rings. The molecule has 0 aromatic heterocycles. The highest BCUT2D eigenvalue weighted by atomic mass is 127. The maximum atomic E-state index is 8.88. The molecule has 142 valence electrons. The van der Waals surface area contributed by atoms with Gasteiger partial charge >= 0.3 is 0 Å². The van der Waals surface area contributed by atoms with Gasteiger partial charge in [-0.3, -0.25) is 0 Å². The zero-order valence-corrected chi connectivity index (χ0v) is 18.0. The van der Waals surface area contributed by atoms with Crippen molar-refractivity contribution in [2.45, 2.75) is 58.2 Å². The minimum atomic E-state index is 0. The smallest absolute Gasteiger partial charge is 0.191 e. The van der Waals surface area contributed by atoms with Crippen LogP contribution in [0, 0.1) is 16.7 Å². The molecule has 26 heavy (non-hydrogen) atoms. The van der Waals surface area contributed by atoms with E-state index in [1.54, 1.807) is 0 Å². The van der Waals surface area contributed by atoms with Crippen LogP contribution in [0.1, 0.15) is 50.7 Å². The average Bonchev–Trinajstić information content (AvgIpc) is 2.57. The number of nitriles is 1. The van der Waals surface area contributed by atoms with Crippen LogP contribution in [0.2, 0.25) is 0 Å². The number of ether oxygens (including phenoxy) is 1. The Morgan fingerprint density at radius 2 is 2.04 bits per heavy atom. The number of guanidine groups is 1. The van der Waals surface area contributed by atoms with Gasteiger partial charge in [0.05, 0.1) is 24.3 Å². The monoisotopic (exact) mass is 468 g/mol. The predicted octanol–water partition coefficient (Wildman–Crippen LogP) is 3.58. The summed E-state index contributed by atoms with van der Waals surface area (Å²) in [5.74, 6) is 0.873. The lowest BCUT2D eigenvalue weighted by Crippen LogP contribution is -2.68. The number of halogens is 1. The molecule has 0 heterocycles. The van der Waals surface area contributed by atoms with E-state index >= 15 is 0 Å². The summed E-state index contributed by atoms with van der Waals surface area (Å²) in [6.07, 6.45) is 5.29. The Morgan fingerprint density at radius 1 is 1.31 bits per heavy atom. The van der Waals surface area contributed by atoms with E-state index in [1.807, 2.05) is 24.3 Å². The molecule has 5 nitrogen and oxygen atoms in total. The van der Waals surface area contributed by atoms with Gasteiger partial charge < -0.3 is 15.4 Å². The molecule has 0 amide bonds. The molecule has 0 saturated heterocycles. The molecule has 6 heteroatoms. The number of benzene rings is 1. The van der Waals surface area contributed by atoms with Gasteiger partial charge in [0.15, 0.2) is 5.96 Å². The Hall–Kier alpha value is -1.33. The highest BCUT2D eigenvalue weighted by Crippen LogP contribution is 2.57. The summed E-state index contributed by atoms with van der Waals surface area (Å²) in [5.41, 5.74) is 2.11. The van der Waals surface area contributed by atoms with Crippen molar-refractivity contribution in [2.24, 2.45) is 10.4 Å². The fraction of sp³-hybridized carbons (Fsp3) is 0.600. The SMILES string of the molecule is CCNC(=NCc1ccc(C#N)cc1)NC1CC(OCC)C12CCC2.I. The van der Waals surface area contributed by atoms with Gasteiger partial charge in [0.2, 0.25) is 0 Å². The quantitative estimate of drug-likeness (QED) is 0.381. The number of nitrogens with one attached hydrogen (secondary N) is 2. The second-order valence-electron chi connectivity index (χ2n) is 6.97. The molecule has 0 aliphatic heterocycles. The maximum Gasteiger partial charge on any atom is 0.191 e. The van der Waals surface area contributed by atoms with Gasteiger partial charge in [-0.2, -0.15) is 5.26 Å². The van der Waals surface area contributed by atoms with Gasteiger partial charge in [0, 0.05) is 24.6 Å².